The van der Waals surface area contributed by atoms with Crippen LogP contribution in [0.3, 0.4) is 0 Å². The van der Waals surface area contributed by atoms with E-state index >= 15 is 0 Å². The van der Waals surface area contributed by atoms with Crippen molar-refractivity contribution < 1.29 is 15.0 Å². The molecule has 0 radical (unpaired) electrons. The second-order valence-electron chi connectivity index (χ2n) is 4.81. The third-order valence-electron chi connectivity index (χ3n) is 3.33. The summed E-state index contributed by atoms with van der Waals surface area (Å²) in [6.07, 6.45) is 0. The fourth-order valence-corrected chi connectivity index (χ4v) is 2.49. The molecule has 22 heavy (non-hydrogen) atoms. The Morgan fingerprint density at radius 2 is 1.59 bits per heavy atom. The first-order valence-electron chi connectivity index (χ1n) is 6.58. The van der Waals surface area contributed by atoms with Crippen LogP contribution in [0.15, 0.2) is 53.0 Å². The zero-order valence-electron chi connectivity index (χ0n) is 11.6. The van der Waals surface area contributed by atoms with Crippen LogP contribution in [-0.4, -0.2) is 29.3 Å². The maximum Gasteiger partial charge on any atom is 0.245 e. The van der Waals surface area contributed by atoms with Gasteiger partial charge in [0.1, 0.15) is 12.2 Å². The normalized spacial score (nSPS) is 13.5. The van der Waals surface area contributed by atoms with E-state index in [1.165, 1.54) is 0 Å². The van der Waals surface area contributed by atoms with E-state index < -0.39 is 18.1 Å². The molecule has 0 spiro atoms. The van der Waals surface area contributed by atoms with Crippen molar-refractivity contribution in [2.45, 2.75) is 5.60 Å². The minimum absolute atomic E-state index is 0.0599. The zero-order valence-corrected chi connectivity index (χ0v) is 13.9. The Balaban J connectivity index is 2.40. The van der Waals surface area contributed by atoms with E-state index in [2.05, 4.69) is 21.2 Å². The van der Waals surface area contributed by atoms with Gasteiger partial charge in [0.25, 0.3) is 0 Å². The second kappa shape index (κ2) is 7.24. The SMILES string of the molecule is O=C(CO)NCC(O)(c1ccc(Cl)cc1)c1ccc(Br)cc1. The Morgan fingerprint density at radius 1 is 1.09 bits per heavy atom. The van der Waals surface area contributed by atoms with Crippen LogP contribution in [0.2, 0.25) is 5.02 Å². The third-order valence-corrected chi connectivity index (χ3v) is 4.11. The molecule has 1 unspecified atom stereocenters. The lowest BCUT2D eigenvalue weighted by atomic mass is 9.86. The monoisotopic (exact) mass is 383 g/mol. The number of aliphatic hydroxyl groups is 2. The lowest BCUT2D eigenvalue weighted by molar-refractivity contribution is -0.124. The van der Waals surface area contributed by atoms with E-state index in [9.17, 15) is 9.90 Å². The number of amides is 1. The minimum atomic E-state index is -1.42. The van der Waals surface area contributed by atoms with E-state index in [1.54, 1.807) is 36.4 Å². The van der Waals surface area contributed by atoms with Crippen LogP contribution in [0, 0.1) is 0 Å². The highest BCUT2D eigenvalue weighted by Gasteiger charge is 2.32. The van der Waals surface area contributed by atoms with Gasteiger partial charge in [-0.25, -0.2) is 0 Å². The van der Waals surface area contributed by atoms with Gasteiger partial charge in [-0.3, -0.25) is 4.79 Å². The fraction of sp³-hybridized carbons (Fsp3) is 0.188. The highest BCUT2D eigenvalue weighted by atomic mass is 79.9. The minimum Gasteiger partial charge on any atom is -0.387 e. The molecular weight excluding hydrogens is 370 g/mol. The van der Waals surface area contributed by atoms with Crippen molar-refractivity contribution in [2.75, 3.05) is 13.2 Å². The molecule has 2 rings (SSSR count). The molecule has 1 atom stereocenters. The van der Waals surface area contributed by atoms with Gasteiger partial charge in [0.05, 0.1) is 6.54 Å². The summed E-state index contributed by atoms with van der Waals surface area (Å²) in [6, 6.07) is 13.9. The van der Waals surface area contributed by atoms with Crippen molar-refractivity contribution in [1.82, 2.24) is 5.32 Å². The van der Waals surface area contributed by atoms with Gasteiger partial charge in [0.15, 0.2) is 0 Å². The molecule has 0 aliphatic heterocycles. The molecule has 0 fully saturated rings. The summed E-state index contributed by atoms with van der Waals surface area (Å²) in [5, 5.41) is 23.0. The number of halogens is 2. The number of aliphatic hydroxyl groups excluding tert-OH is 1. The van der Waals surface area contributed by atoms with E-state index in [1.807, 2.05) is 12.1 Å². The first-order valence-corrected chi connectivity index (χ1v) is 7.75. The van der Waals surface area contributed by atoms with E-state index in [-0.39, 0.29) is 6.54 Å². The maximum absolute atomic E-state index is 11.3. The summed E-state index contributed by atoms with van der Waals surface area (Å²) in [5.74, 6) is -0.551. The standard InChI is InChI=1S/C16H15BrClNO3/c17-13-5-1-11(2-6-13)16(22,10-19-15(21)9-20)12-3-7-14(18)8-4-12/h1-8,20,22H,9-10H2,(H,19,21). The maximum atomic E-state index is 11.3. The summed E-state index contributed by atoms with van der Waals surface area (Å²) in [5.41, 5.74) is -0.204. The Kier molecular flexibility index (Phi) is 5.58. The van der Waals surface area contributed by atoms with E-state index in [0.29, 0.717) is 16.1 Å². The van der Waals surface area contributed by atoms with Crippen LogP contribution in [0.4, 0.5) is 0 Å². The highest BCUT2D eigenvalue weighted by Crippen LogP contribution is 2.30. The zero-order chi connectivity index (χ0) is 16.2. The Morgan fingerprint density at radius 3 is 2.09 bits per heavy atom. The quantitative estimate of drug-likeness (QED) is 0.741. The number of hydrogen-bond donors (Lipinski definition) is 3. The Hall–Kier alpha value is -1.40. The molecule has 0 aliphatic rings. The molecule has 4 nitrogen and oxygen atoms in total. The lowest BCUT2D eigenvalue weighted by Crippen LogP contribution is -2.42. The number of carbonyl (C=O) groups excluding carboxylic acids is 1. The summed E-state index contributed by atoms with van der Waals surface area (Å²) in [7, 11) is 0. The van der Waals surface area contributed by atoms with Gasteiger partial charge in [-0.15, -0.1) is 0 Å². The van der Waals surface area contributed by atoms with Gasteiger partial charge in [-0.05, 0) is 35.4 Å². The summed E-state index contributed by atoms with van der Waals surface area (Å²) in [4.78, 5) is 11.3. The average molecular weight is 385 g/mol. The van der Waals surface area contributed by atoms with Gasteiger partial charge in [-0.2, -0.15) is 0 Å². The van der Waals surface area contributed by atoms with Crippen LogP contribution in [0.25, 0.3) is 0 Å². The van der Waals surface area contributed by atoms with Crippen molar-refractivity contribution in [3.8, 4) is 0 Å². The predicted octanol–water partition coefficient (Wildman–Crippen LogP) is 2.45. The molecule has 2 aromatic rings. The van der Waals surface area contributed by atoms with Gasteiger partial charge < -0.3 is 15.5 Å². The highest BCUT2D eigenvalue weighted by molar-refractivity contribution is 9.10. The van der Waals surface area contributed by atoms with Crippen LogP contribution < -0.4 is 5.32 Å². The Bertz CT molecular complexity index is 598. The van der Waals surface area contributed by atoms with Crippen molar-refractivity contribution in [3.63, 3.8) is 0 Å². The number of carbonyl (C=O) groups is 1. The van der Waals surface area contributed by atoms with Crippen LogP contribution >= 0.6 is 27.5 Å². The average Bonchev–Trinajstić information content (AvgIpc) is 2.53. The summed E-state index contributed by atoms with van der Waals surface area (Å²) >= 11 is 9.24. The number of nitrogens with one attached hydrogen (secondary N) is 1. The second-order valence-corrected chi connectivity index (χ2v) is 6.16. The largest absolute Gasteiger partial charge is 0.387 e. The molecule has 1 amide bonds. The number of rotatable bonds is 5. The van der Waals surface area contributed by atoms with E-state index in [4.69, 9.17) is 16.7 Å². The van der Waals surface area contributed by atoms with E-state index in [0.717, 1.165) is 4.47 Å². The van der Waals surface area contributed by atoms with Gasteiger partial charge in [-0.1, -0.05) is 51.8 Å². The third kappa shape index (κ3) is 3.87. The van der Waals surface area contributed by atoms with Crippen molar-refractivity contribution >= 4 is 33.4 Å². The molecule has 2 aromatic carbocycles. The van der Waals surface area contributed by atoms with Crippen LogP contribution in [-0.2, 0) is 10.4 Å². The van der Waals surface area contributed by atoms with Crippen molar-refractivity contribution in [3.05, 3.63) is 69.2 Å². The molecule has 3 N–H and O–H groups in total. The van der Waals surface area contributed by atoms with Crippen LogP contribution in [0.5, 0.6) is 0 Å². The lowest BCUT2D eigenvalue weighted by Gasteiger charge is -2.29. The molecule has 0 saturated heterocycles. The molecule has 116 valence electrons. The molecule has 6 heteroatoms. The predicted molar refractivity (Wildman–Crippen MR) is 88.7 cm³/mol. The first kappa shape index (κ1) is 17.0. The van der Waals surface area contributed by atoms with Crippen LogP contribution in [0.1, 0.15) is 11.1 Å². The van der Waals surface area contributed by atoms with Crippen molar-refractivity contribution in [1.29, 1.82) is 0 Å². The smallest absolute Gasteiger partial charge is 0.245 e. The number of hydrogen-bond acceptors (Lipinski definition) is 3. The molecular formula is C16H15BrClNO3. The molecule has 0 saturated carbocycles. The summed E-state index contributed by atoms with van der Waals surface area (Å²) in [6.45, 7) is -0.688. The van der Waals surface area contributed by atoms with Gasteiger partial charge in [0, 0.05) is 9.50 Å². The first-order chi connectivity index (χ1) is 10.5. The van der Waals surface area contributed by atoms with Crippen molar-refractivity contribution in [2.24, 2.45) is 0 Å². The molecule has 0 bridgehead atoms. The Labute approximate surface area is 141 Å². The summed E-state index contributed by atoms with van der Waals surface area (Å²) < 4.78 is 0.883. The topological polar surface area (TPSA) is 69.6 Å². The van der Waals surface area contributed by atoms with Gasteiger partial charge in [0.2, 0.25) is 5.91 Å². The molecule has 0 aromatic heterocycles. The van der Waals surface area contributed by atoms with Gasteiger partial charge >= 0.3 is 0 Å². The number of benzene rings is 2. The fourth-order valence-electron chi connectivity index (χ4n) is 2.10. The molecule has 0 heterocycles. The molecule has 0 aliphatic carbocycles.